The van der Waals surface area contributed by atoms with E-state index in [0.29, 0.717) is 62.0 Å². The Bertz CT molecular complexity index is 2730. The van der Waals surface area contributed by atoms with Crippen molar-refractivity contribution in [3.05, 3.63) is 155 Å². The number of ether oxygens (including phenoxy) is 2. The maximum Gasteiger partial charge on any atom is 0.257 e. The van der Waals surface area contributed by atoms with Gasteiger partial charge >= 0.3 is 0 Å². The molecule has 6 aromatic rings. The van der Waals surface area contributed by atoms with Gasteiger partial charge in [-0.1, -0.05) is 60.7 Å². The number of pyridine rings is 2. The SMILES string of the molecule is CN(C)CCCOc1ccc(-c2nccc3c2-c2ccccc2C3N2CCN(C(=O)c3ccccc3OCCCN(C)C)CC2)cc1C(=O)N1CCN(C2c3ccccc3-c3ccncc32)CC1. The minimum absolute atomic E-state index is 0.00111. The van der Waals surface area contributed by atoms with Crippen molar-refractivity contribution in [2.45, 2.75) is 24.9 Å². The number of para-hydroxylation sites is 1. The van der Waals surface area contributed by atoms with Gasteiger partial charge in [0.05, 0.1) is 42.1 Å². The van der Waals surface area contributed by atoms with Crippen molar-refractivity contribution in [1.82, 2.24) is 39.4 Å². The zero-order valence-electron chi connectivity index (χ0n) is 39.8. The van der Waals surface area contributed by atoms with E-state index in [1.54, 1.807) is 0 Å². The molecule has 0 N–H and O–H groups in total. The summed E-state index contributed by atoms with van der Waals surface area (Å²) in [4.78, 5) is 51.7. The lowest BCUT2D eigenvalue weighted by atomic mass is 9.97. The predicted molar refractivity (Wildman–Crippen MR) is 267 cm³/mol. The zero-order valence-corrected chi connectivity index (χ0v) is 39.8. The molecule has 2 fully saturated rings. The molecular formula is C56H62N8O4. The van der Waals surface area contributed by atoms with Gasteiger partial charge in [-0.2, -0.15) is 0 Å². The maximum absolute atomic E-state index is 14.9. The number of hydrogen-bond donors (Lipinski definition) is 0. The number of hydrogen-bond acceptors (Lipinski definition) is 10. The topological polar surface area (TPSA) is 97.8 Å². The highest BCUT2D eigenvalue weighted by Gasteiger charge is 2.39. The molecule has 12 nitrogen and oxygen atoms in total. The monoisotopic (exact) mass is 910 g/mol. The van der Waals surface area contributed by atoms with Gasteiger partial charge in [-0.05, 0) is 122 Å². The van der Waals surface area contributed by atoms with Crippen LogP contribution in [0.15, 0.2) is 122 Å². The van der Waals surface area contributed by atoms with Gasteiger partial charge in [-0.3, -0.25) is 29.4 Å². The zero-order chi connectivity index (χ0) is 46.7. The molecule has 4 aliphatic rings. The average molecular weight is 911 g/mol. The Kier molecular flexibility index (Phi) is 13.4. The van der Waals surface area contributed by atoms with E-state index in [4.69, 9.17) is 14.5 Å². The first-order valence-electron chi connectivity index (χ1n) is 24.2. The summed E-state index contributed by atoms with van der Waals surface area (Å²) in [6, 6.07) is 35.3. The maximum atomic E-state index is 14.9. The van der Waals surface area contributed by atoms with E-state index in [1.165, 1.54) is 33.4 Å². The van der Waals surface area contributed by atoms with Crippen molar-refractivity contribution in [3.8, 4) is 45.0 Å². The van der Waals surface area contributed by atoms with Crippen molar-refractivity contribution in [2.75, 3.05) is 107 Å². The molecule has 2 aromatic heterocycles. The Morgan fingerprint density at radius 2 is 1.10 bits per heavy atom. The lowest BCUT2D eigenvalue weighted by molar-refractivity contribution is 0.0589. The Labute approximate surface area is 400 Å². The molecule has 2 unspecified atom stereocenters. The van der Waals surface area contributed by atoms with Gasteiger partial charge in [-0.25, -0.2) is 0 Å². The summed E-state index contributed by atoms with van der Waals surface area (Å²) < 4.78 is 12.6. The molecule has 4 heterocycles. The molecule has 10 rings (SSSR count). The van der Waals surface area contributed by atoms with Crippen LogP contribution in [-0.2, 0) is 0 Å². The van der Waals surface area contributed by atoms with Gasteiger partial charge in [0.25, 0.3) is 11.8 Å². The molecule has 2 aliphatic carbocycles. The summed E-state index contributed by atoms with van der Waals surface area (Å²) in [7, 11) is 8.22. The standard InChI is InChI=1S/C56H62N8O4/c1-59(2)25-11-35-67-49-18-10-9-17-45(49)55(65)63-31-27-61(28-32-63)53-44-16-8-6-14-42(44)51-46(53)22-24-58-52(51)39-19-20-50(68-36-12-26-60(3)4)47(37-39)56(66)64-33-29-62(30-34-64)54-43-15-7-5-13-40(43)41-21-23-57-38-48(41)54/h5-10,13-24,37-38,53-54H,11-12,25-36H2,1-4H3. The lowest BCUT2D eigenvalue weighted by Crippen LogP contribution is -2.49. The number of amides is 2. The number of aromatic nitrogens is 2. The summed E-state index contributed by atoms with van der Waals surface area (Å²) in [6.07, 6.45) is 7.51. The molecule has 0 radical (unpaired) electrons. The first-order chi connectivity index (χ1) is 33.2. The number of benzene rings is 4. The van der Waals surface area contributed by atoms with Crippen LogP contribution in [0.5, 0.6) is 11.5 Å². The molecule has 0 spiro atoms. The van der Waals surface area contributed by atoms with Crippen LogP contribution in [0.25, 0.3) is 33.5 Å². The van der Waals surface area contributed by atoms with E-state index < -0.39 is 0 Å². The molecule has 2 atom stereocenters. The van der Waals surface area contributed by atoms with E-state index in [1.807, 2.05) is 64.8 Å². The van der Waals surface area contributed by atoms with Crippen molar-refractivity contribution in [3.63, 3.8) is 0 Å². The summed E-state index contributed by atoms with van der Waals surface area (Å²) in [5.74, 6) is 1.22. The Balaban J connectivity index is 0.892. The third-order valence-electron chi connectivity index (χ3n) is 14.0. The van der Waals surface area contributed by atoms with Gasteiger partial charge in [0, 0.05) is 95.2 Å². The van der Waals surface area contributed by atoms with Crippen molar-refractivity contribution >= 4 is 11.8 Å². The highest BCUT2D eigenvalue weighted by atomic mass is 16.5. The molecule has 4 aromatic carbocycles. The Morgan fingerprint density at radius 3 is 1.76 bits per heavy atom. The lowest BCUT2D eigenvalue weighted by Gasteiger charge is -2.39. The quantitative estimate of drug-likeness (QED) is 0.0949. The summed E-state index contributed by atoms with van der Waals surface area (Å²) in [6.45, 7) is 8.20. The highest BCUT2D eigenvalue weighted by molar-refractivity contribution is 6.00. The fraction of sp³-hybridized carbons (Fsp3) is 0.357. The number of piperazine rings is 2. The van der Waals surface area contributed by atoms with E-state index in [0.717, 1.165) is 74.5 Å². The number of carbonyl (C=O) groups excluding carboxylic acids is 2. The summed E-state index contributed by atoms with van der Waals surface area (Å²) >= 11 is 0. The van der Waals surface area contributed by atoms with Gasteiger partial charge < -0.3 is 29.1 Å². The van der Waals surface area contributed by atoms with Crippen LogP contribution in [0.1, 0.15) is 67.9 Å². The van der Waals surface area contributed by atoms with E-state index >= 15 is 0 Å². The second-order valence-corrected chi connectivity index (χ2v) is 18.9. The van der Waals surface area contributed by atoms with Gasteiger partial charge in [-0.15, -0.1) is 0 Å². The normalized spacial score (nSPS) is 17.8. The third kappa shape index (κ3) is 9.01. The third-order valence-corrected chi connectivity index (χ3v) is 14.0. The molecule has 0 saturated carbocycles. The van der Waals surface area contributed by atoms with Crippen LogP contribution < -0.4 is 9.47 Å². The first kappa shape index (κ1) is 45.3. The van der Waals surface area contributed by atoms with Gasteiger partial charge in [0.1, 0.15) is 11.5 Å². The summed E-state index contributed by atoms with van der Waals surface area (Å²) in [5, 5.41) is 0. The minimum atomic E-state index is -0.0280. The molecule has 2 saturated heterocycles. The van der Waals surface area contributed by atoms with Crippen molar-refractivity contribution < 1.29 is 19.1 Å². The minimum Gasteiger partial charge on any atom is -0.493 e. The van der Waals surface area contributed by atoms with Crippen LogP contribution in [0, 0.1) is 0 Å². The molecule has 2 amide bonds. The first-order valence-corrected chi connectivity index (χ1v) is 24.2. The second-order valence-electron chi connectivity index (χ2n) is 18.9. The molecule has 12 heteroatoms. The molecular weight excluding hydrogens is 849 g/mol. The Hall–Kier alpha value is -6.44. The van der Waals surface area contributed by atoms with Crippen LogP contribution in [0.2, 0.25) is 0 Å². The highest BCUT2D eigenvalue weighted by Crippen LogP contribution is 2.50. The van der Waals surface area contributed by atoms with Crippen LogP contribution in [0.3, 0.4) is 0 Å². The van der Waals surface area contributed by atoms with Crippen LogP contribution in [-0.4, -0.2) is 158 Å². The molecule has 2 aliphatic heterocycles. The average Bonchev–Trinajstić information content (AvgIpc) is 3.89. The number of fused-ring (bicyclic) bond motifs is 6. The second kappa shape index (κ2) is 20.0. The van der Waals surface area contributed by atoms with E-state index in [2.05, 4.69) is 120 Å². The fourth-order valence-electron chi connectivity index (χ4n) is 10.7. The molecule has 0 bridgehead atoms. The van der Waals surface area contributed by atoms with Crippen molar-refractivity contribution in [1.29, 1.82) is 0 Å². The fourth-order valence-corrected chi connectivity index (χ4v) is 10.7. The van der Waals surface area contributed by atoms with Crippen LogP contribution in [0.4, 0.5) is 0 Å². The predicted octanol–water partition coefficient (Wildman–Crippen LogP) is 7.86. The number of rotatable bonds is 15. The van der Waals surface area contributed by atoms with E-state index in [9.17, 15) is 9.59 Å². The Morgan fingerprint density at radius 1 is 0.559 bits per heavy atom. The van der Waals surface area contributed by atoms with Gasteiger partial charge in [0.2, 0.25) is 0 Å². The largest absolute Gasteiger partial charge is 0.493 e. The molecule has 350 valence electrons. The van der Waals surface area contributed by atoms with Crippen LogP contribution >= 0.6 is 0 Å². The van der Waals surface area contributed by atoms with Gasteiger partial charge in [0.15, 0.2) is 0 Å². The summed E-state index contributed by atoms with van der Waals surface area (Å²) in [5.41, 5.74) is 12.6. The smallest absolute Gasteiger partial charge is 0.257 e. The number of carbonyl (C=O) groups is 2. The number of nitrogens with zero attached hydrogens (tertiary/aromatic N) is 8. The van der Waals surface area contributed by atoms with Crippen molar-refractivity contribution in [2.24, 2.45) is 0 Å². The van der Waals surface area contributed by atoms with E-state index in [-0.39, 0.29) is 23.9 Å². The molecule has 68 heavy (non-hydrogen) atoms.